The third kappa shape index (κ3) is 4.20. The van der Waals surface area contributed by atoms with Crippen LogP contribution in [0.4, 0.5) is 0 Å². The molecule has 2 aromatic rings. The van der Waals surface area contributed by atoms with Crippen LogP contribution < -0.4 is 5.32 Å². The van der Waals surface area contributed by atoms with Crippen molar-refractivity contribution in [2.45, 2.75) is 46.1 Å². The molecule has 3 heteroatoms. The van der Waals surface area contributed by atoms with Crippen molar-refractivity contribution in [2.24, 2.45) is 0 Å². The van der Waals surface area contributed by atoms with E-state index in [9.17, 15) is 0 Å². The molecule has 0 aliphatic carbocycles. The Labute approximate surface area is 121 Å². The first-order valence-electron chi connectivity index (χ1n) is 7.42. The molecule has 0 saturated heterocycles. The molecule has 1 aromatic carbocycles. The molecule has 2 rings (SSSR count). The Balaban J connectivity index is 1.87. The fraction of sp³-hybridized carbons (Fsp3) is 0.471. The van der Waals surface area contributed by atoms with Crippen LogP contribution in [-0.2, 0) is 12.8 Å². The molecule has 0 spiro atoms. The standard InChI is InChI=1S/C17H24N2O/c1-4-11-18-14(3)17-19-12-16(20-17)10-9-15-7-5-13(2)6-8-15/h5-8,12,14,18H,4,9-11H2,1-3H3. The van der Waals surface area contributed by atoms with Crippen LogP contribution in [0.3, 0.4) is 0 Å². The summed E-state index contributed by atoms with van der Waals surface area (Å²) in [5.74, 6) is 1.75. The third-order valence-electron chi connectivity index (χ3n) is 3.42. The highest BCUT2D eigenvalue weighted by atomic mass is 16.4. The predicted octanol–water partition coefficient (Wildman–Crippen LogP) is 3.83. The van der Waals surface area contributed by atoms with Crippen LogP contribution in [-0.4, -0.2) is 11.5 Å². The molecule has 0 amide bonds. The summed E-state index contributed by atoms with van der Waals surface area (Å²) in [5.41, 5.74) is 2.64. The van der Waals surface area contributed by atoms with E-state index in [1.54, 1.807) is 0 Å². The molecule has 1 atom stereocenters. The van der Waals surface area contributed by atoms with E-state index in [2.05, 4.69) is 55.3 Å². The second-order valence-corrected chi connectivity index (χ2v) is 5.33. The maximum atomic E-state index is 5.81. The fourth-order valence-corrected chi connectivity index (χ4v) is 2.11. The van der Waals surface area contributed by atoms with Gasteiger partial charge in [0.15, 0.2) is 0 Å². The first-order valence-corrected chi connectivity index (χ1v) is 7.42. The third-order valence-corrected chi connectivity index (χ3v) is 3.42. The van der Waals surface area contributed by atoms with Gasteiger partial charge in [-0.05, 0) is 38.8 Å². The minimum atomic E-state index is 0.183. The highest BCUT2D eigenvalue weighted by molar-refractivity contribution is 5.21. The van der Waals surface area contributed by atoms with Gasteiger partial charge in [0.05, 0.1) is 12.2 Å². The first-order chi connectivity index (χ1) is 9.69. The number of rotatable bonds is 7. The number of benzene rings is 1. The summed E-state index contributed by atoms with van der Waals surface area (Å²) in [5, 5.41) is 3.39. The number of hydrogen-bond acceptors (Lipinski definition) is 3. The zero-order chi connectivity index (χ0) is 14.4. The van der Waals surface area contributed by atoms with Gasteiger partial charge >= 0.3 is 0 Å². The highest BCUT2D eigenvalue weighted by Crippen LogP contribution is 2.15. The van der Waals surface area contributed by atoms with E-state index in [-0.39, 0.29) is 6.04 Å². The van der Waals surface area contributed by atoms with E-state index in [0.29, 0.717) is 0 Å². The summed E-state index contributed by atoms with van der Waals surface area (Å²) < 4.78 is 5.81. The van der Waals surface area contributed by atoms with Crippen LogP contribution in [0.15, 0.2) is 34.9 Å². The largest absolute Gasteiger partial charge is 0.444 e. The maximum Gasteiger partial charge on any atom is 0.211 e. The van der Waals surface area contributed by atoms with Gasteiger partial charge in [-0.25, -0.2) is 4.98 Å². The molecule has 1 aromatic heterocycles. The topological polar surface area (TPSA) is 38.1 Å². The molecule has 0 fully saturated rings. The van der Waals surface area contributed by atoms with Crippen molar-refractivity contribution in [1.29, 1.82) is 0 Å². The van der Waals surface area contributed by atoms with Gasteiger partial charge in [0.1, 0.15) is 5.76 Å². The van der Waals surface area contributed by atoms with Gasteiger partial charge in [-0.2, -0.15) is 0 Å². The quantitative estimate of drug-likeness (QED) is 0.832. The van der Waals surface area contributed by atoms with E-state index in [4.69, 9.17) is 4.42 Å². The van der Waals surface area contributed by atoms with Crippen LogP contribution in [0, 0.1) is 6.92 Å². The lowest BCUT2D eigenvalue weighted by atomic mass is 10.1. The van der Waals surface area contributed by atoms with E-state index >= 15 is 0 Å². The molecule has 0 saturated carbocycles. The Kier molecular flexibility index (Phi) is 5.36. The van der Waals surface area contributed by atoms with Gasteiger partial charge in [0.2, 0.25) is 5.89 Å². The Hall–Kier alpha value is -1.61. The van der Waals surface area contributed by atoms with Gasteiger partial charge in [-0.15, -0.1) is 0 Å². The normalized spacial score (nSPS) is 12.6. The molecule has 3 nitrogen and oxygen atoms in total. The lowest BCUT2D eigenvalue weighted by Crippen LogP contribution is -2.19. The summed E-state index contributed by atoms with van der Waals surface area (Å²) in [7, 11) is 0. The second-order valence-electron chi connectivity index (χ2n) is 5.33. The molecule has 1 unspecified atom stereocenters. The molecule has 20 heavy (non-hydrogen) atoms. The van der Waals surface area contributed by atoms with Crippen molar-refractivity contribution in [3.63, 3.8) is 0 Å². The van der Waals surface area contributed by atoms with Crippen molar-refractivity contribution >= 4 is 0 Å². The summed E-state index contributed by atoms with van der Waals surface area (Å²) in [6.45, 7) is 7.34. The molecule has 1 heterocycles. The lowest BCUT2D eigenvalue weighted by molar-refractivity contribution is 0.394. The zero-order valence-corrected chi connectivity index (χ0v) is 12.6. The second kappa shape index (κ2) is 7.25. The molecular weight excluding hydrogens is 248 g/mol. The first kappa shape index (κ1) is 14.8. The number of oxazole rings is 1. The Morgan fingerprint density at radius 1 is 1.20 bits per heavy atom. The summed E-state index contributed by atoms with van der Waals surface area (Å²) in [4.78, 5) is 4.37. The van der Waals surface area contributed by atoms with E-state index in [1.165, 1.54) is 11.1 Å². The van der Waals surface area contributed by atoms with Crippen LogP contribution in [0.1, 0.15) is 49.1 Å². The Morgan fingerprint density at radius 2 is 1.95 bits per heavy atom. The molecule has 0 bridgehead atoms. The summed E-state index contributed by atoms with van der Waals surface area (Å²) in [6.07, 6.45) is 4.86. The number of hydrogen-bond donors (Lipinski definition) is 1. The van der Waals surface area contributed by atoms with Gasteiger partial charge in [-0.1, -0.05) is 36.8 Å². The number of aromatic nitrogens is 1. The number of nitrogens with zero attached hydrogens (tertiary/aromatic N) is 1. The van der Waals surface area contributed by atoms with E-state index in [0.717, 1.165) is 37.5 Å². The Morgan fingerprint density at radius 3 is 2.65 bits per heavy atom. The molecule has 0 aliphatic heterocycles. The van der Waals surface area contributed by atoms with E-state index in [1.807, 2.05) is 6.20 Å². The van der Waals surface area contributed by atoms with Gasteiger partial charge in [0, 0.05) is 6.42 Å². The molecule has 0 aliphatic rings. The van der Waals surface area contributed by atoms with Crippen molar-refractivity contribution in [2.75, 3.05) is 6.54 Å². The average molecular weight is 272 g/mol. The number of aryl methyl sites for hydroxylation is 3. The van der Waals surface area contributed by atoms with Crippen LogP contribution >= 0.6 is 0 Å². The SMILES string of the molecule is CCCNC(C)c1ncc(CCc2ccc(C)cc2)o1. The van der Waals surface area contributed by atoms with Gasteiger partial charge in [0.25, 0.3) is 0 Å². The maximum absolute atomic E-state index is 5.81. The van der Waals surface area contributed by atoms with Gasteiger partial charge < -0.3 is 9.73 Å². The Bertz CT molecular complexity index is 516. The summed E-state index contributed by atoms with van der Waals surface area (Å²) in [6, 6.07) is 8.84. The fourth-order valence-electron chi connectivity index (χ4n) is 2.11. The molecular formula is C17H24N2O. The smallest absolute Gasteiger partial charge is 0.211 e. The minimum Gasteiger partial charge on any atom is -0.444 e. The van der Waals surface area contributed by atoms with Crippen LogP contribution in [0.5, 0.6) is 0 Å². The van der Waals surface area contributed by atoms with Crippen molar-refractivity contribution in [1.82, 2.24) is 10.3 Å². The minimum absolute atomic E-state index is 0.183. The number of nitrogens with one attached hydrogen (secondary N) is 1. The highest BCUT2D eigenvalue weighted by Gasteiger charge is 2.11. The van der Waals surface area contributed by atoms with Crippen molar-refractivity contribution < 1.29 is 4.42 Å². The van der Waals surface area contributed by atoms with Gasteiger partial charge in [-0.3, -0.25) is 0 Å². The van der Waals surface area contributed by atoms with Crippen molar-refractivity contribution in [3.05, 3.63) is 53.2 Å². The zero-order valence-electron chi connectivity index (χ0n) is 12.6. The molecule has 108 valence electrons. The summed E-state index contributed by atoms with van der Waals surface area (Å²) >= 11 is 0. The van der Waals surface area contributed by atoms with Crippen LogP contribution in [0.2, 0.25) is 0 Å². The average Bonchev–Trinajstić information content (AvgIpc) is 2.93. The molecule has 0 radical (unpaired) electrons. The molecule has 1 N–H and O–H groups in total. The van der Waals surface area contributed by atoms with Crippen LogP contribution in [0.25, 0.3) is 0 Å². The lowest BCUT2D eigenvalue weighted by Gasteiger charge is -2.08. The van der Waals surface area contributed by atoms with E-state index < -0.39 is 0 Å². The monoisotopic (exact) mass is 272 g/mol. The van der Waals surface area contributed by atoms with Crippen molar-refractivity contribution in [3.8, 4) is 0 Å². The predicted molar refractivity (Wildman–Crippen MR) is 81.8 cm³/mol.